The monoisotopic (exact) mass is 390 g/mol. The molecule has 0 unspecified atom stereocenters. The van der Waals surface area contributed by atoms with Gasteiger partial charge in [0.05, 0.1) is 11.1 Å². The van der Waals surface area contributed by atoms with Crippen LogP contribution < -0.4 is 4.74 Å². The molecule has 1 heterocycles. The normalized spacial score (nSPS) is 14.7. The third kappa shape index (κ3) is 3.79. The summed E-state index contributed by atoms with van der Waals surface area (Å²) >= 11 is 0. The Morgan fingerprint density at radius 2 is 1.79 bits per heavy atom. The number of nitrogens with zero attached hydrogens (tertiary/aromatic N) is 2. The summed E-state index contributed by atoms with van der Waals surface area (Å²) in [6, 6.07) is 15.7. The van der Waals surface area contributed by atoms with E-state index in [-0.39, 0.29) is 17.2 Å². The molecule has 0 aromatic heterocycles. The van der Waals surface area contributed by atoms with Gasteiger partial charge in [0, 0.05) is 26.2 Å². The number of amides is 1. The average Bonchev–Trinajstić information content (AvgIpc) is 2.74. The number of para-hydroxylation sites is 1. The van der Waals surface area contributed by atoms with Gasteiger partial charge in [0.1, 0.15) is 17.2 Å². The molecular weight excluding hydrogens is 368 g/mol. The summed E-state index contributed by atoms with van der Waals surface area (Å²) in [6.07, 6.45) is 0.641. The van der Waals surface area contributed by atoms with E-state index < -0.39 is 0 Å². The molecule has 0 bridgehead atoms. The second kappa shape index (κ2) is 7.93. The fraction of sp³-hybridized carbons (Fsp3) is 0.217. The van der Waals surface area contributed by atoms with Crippen molar-refractivity contribution in [2.24, 2.45) is 0 Å². The number of aromatic hydroxyl groups is 1. The van der Waals surface area contributed by atoms with Crippen LogP contribution in [0, 0.1) is 0 Å². The maximum Gasteiger partial charge on any atom is 0.257 e. The Bertz CT molecular complexity index is 1070. The Morgan fingerprint density at radius 3 is 2.55 bits per heavy atom. The first-order valence-electron chi connectivity index (χ1n) is 9.52. The van der Waals surface area contributed by atoms with Crippen LogP contribution in [0.3, 0.4) is 0 Å². The molecule has 0 aliphatic carbocycles. The molecule has 3 aromatic carbocycles. The fourth-order valence-corrected chi connectivity index (χ4v) is 3.55. The van der Waals surface area contributed by atoms with Crippen molar-refractivity contribution in [3.8, 4) is 17.2 Å². The Labute approximate surface area is 168 Å². The highest BCUT2D eigenvalue weighted by atomic mass is 16.5. The lowest BCUT2D eigenvalue weighted by atomic mass is 10.0. The van der Waals surface area contributed by atoms with Gasteiger partial charge in [-0.05, 0) is 54.2 Å². The van der Waals surface area contributed by atoms with Crippen LogP contribution >= 0.6 is 0 Å². The summed E-state index contributed by atoms with van der Waals surface area (Å²) in [5.74, 6) is 0.954. The molecule has 29 heavy (non-hydrogen) atoms. The van der Waals surface area contributed by atoms with Crippen molar-refractivity contribution in [2.75, 3.05) is 33.2 Å². The van der Waals surface area contributed by atoms with Crippen molar-refractivity contribution in [3.05, 3.63) is 65.7 Å². The van der Waals surface area contributed by atoms with Crippen molar-refractivity contribution in [3.63, 3.8) is 0 Å². The number of benzene rings is 3. The van der Waals surface area contributed by atoms with E-state index in [2.05, 4.69) is 4.90 Å². The van der Waals surface area contributed by atoms with Crippen LogP contribution in [0.1, 0.15) is 20.7 Å². The molecule has 1 saturated heterocycles. The van der Waals surface area contributed by atoms with Gasteiger partial charge in [0.2, 0.25) is 0 Å². The molecule has 1 amide bonds. The van der Waals surface area contributed by atoms with E-state index in [1.165, 1.54) is 6.07 Å². The molecule has 0 saturated carbocycles. The summed E-state index contributed by atoms with van der Waals surface area (Å²) in [7, 11) is 2.05. The van der Waals surface area contributed by atoms with Gasteiger partial charge in [-0.3, -0.25) is 9.59 Å². The summed E-state index contributed by atoms with van der Waals surface area (Å²) in [4.78, 5) is 28.3. The maximum absolute atomic E-state index is 13.0. The summed E-state index contributed by atoms with van der Waals surface area (Å²) in [5.41, 5.74) is 0.774. The van der Waals surface area contributed by atoms with Gasteiger partial charge in [0.15, 0.2) is 6.29 Å². The van der Waals surface area contributed by atoms with Gasteiger partial charge < -0.3 is 19.6 Å². The second-order valence-electron chi connectivity index (χ2n) is 7.19. The minimum atomic E-state index is -0.0516. The zero-order valence-electron chi connectivity index (χ0n) is 16.2. The standard InChI is InChI=1S/C23H22N2O4/c1-24-10-12-25(13-11-24)23(28)19-4-2-3-5-22(19)29-17-7-8-18-16(14-17)6-9-21(27)20(18)15-26/h2-9,14-15,27H,10-13H2,1H3. The highest BCUT2D eigenvalue weighted by Gasteiger charge is 2.23. The largest absolute Gasteiger partial charge is 0.507 e. The van der Waals surface area contributed by atoms with Crippen LogP contribution in [0.15, 0.2) is 54.6 Å². The summed E-state index contributed by atoms with van der Waals surface area (Å²) in [6.45, 7) is 3.09. The highest BCUT2D eigenvalue weighted by Crippen LogP contribution is 2.32. The molecule has 3 aromatic rings. The van der Waals surface area contributed by atoms with Crippen LogP contribution in [0.2, 0.25) is 0 Å². The molecule has 1 N–H and O–H groups in total. The molecule has 1 fully saturated rings. The molecule has 4 rings (SSSR count). The predicted molar refractivity (Wildman–Crippen MR) is 111 cm³/mol. The number of hydrogen-bond acceptors (Lipinski definition) is 5. The van der Waals surface area contributed by atoms with Crippen LogP contribution in [0.4, 0.5) is 0 Å². The molecule has 0 radical (unpaired) electrons. The van der Waals surface area contributed by atoms with Crippen molar-refractivity contribution in [1.82, 2.24) is 9.80 Å². The topological polar surface area (TPSA) is 70.1 Å². The molecule has 6 heteroatoms. The highest BCUT2D eigenvalue weighted by molar-refractivity contribution is 6.01. The van der Waals surface area contributed by atoms with Crippen LogP contribution in [0.25, 0.3) is 10.8 Å². The van der Waals surface area contributed by atoms with E-state index in [0.29, 0.717) is 41.8 Å². The Balaban J connectivity index is 1.62. The lowest BCUT2D eigenvalue weighted by Gasteiger charge is -2.32. The van der Waals surface area contributed by atoms with Crippen molar-refractivity contribution >= 4 is 23.0 Å². The number of piperazine rings is 1. The third-order valence-electron chi connectivity index (χ3n) is 5.26. The van der Waals surface area contributed by atoms with E-state index in [1.54, 1.807) is 36.4 Å². The van der Waals surface area contributed by atoms with E-state index >= 15 is 0 Å². The van der Waals surface area contributed by atoms with Gasteiger partial charge in [0.25, 0.3) is 5.91 Å². The minimum Gasteiger partial charge on any atom is -0.507 e. The zero-order chi connectivity index (χ0) is 20.4. The van der Waals surface area contributed by atoms with Gasteiger partial charge in [-0.15, -0.1) is 0 Å². The zero-order valence-corrected chi connectivity index (χ0v) is 16.2. The quantitative estimate of drug-likeness (QED) is 0.690. The number of fused-ring (bicyclic) bond motifs is 1. The molecule has 1 aliphatic heterocycles. The van der Waals surface area contributed by atoms with Crippen molar-refractivity contribution in [1.29, 1.82) is 0 Å². The number of likely N-dealkylation sites (N-methyl/N-ethyl adjacent to an activating group) is 1. The van der Waals surface area contributed by atoms with Gasteiger partial charge in [-0.25, -0.2) is 0 Å². The SMILES string of the molecule is CN1CCN(C(=O)c2ccccc2Oc2ccc3c(C=O)c(O)ccc3c2)CC1. The van der Waals surface area contributed by atoms with Gasteiger partial charge in [-0.2, -0.15) is 0 Å². The first-order chi connectivity index (χ1) is 14.1. The number of rotatable bonds is 4. The van der Waals surface area contributed by atoms with Crippen LogP contribution in [-0.4, -0.2) is 60.3 Å². The number of hydrogen-bond donors (Lipinski definition) is 1. The number of carbonyl (C=O) groups excluding carboxylic acids is 2. The predicted octanol–water partition coefficient (Wildman–Crippen LogP) is 3.54. The van der Waals surface area contributed by atoms with E-state index in [4.69, 9.17) is 4.74 Å². The molecule has 148 valence electrons. The minimum absolute atomic E-state index is 0.0392. The Kier molecular flexibility index (Phi) is 5.18. The molecule has 6 nitrogen and oxygen atoms in total. The fourth-order valence-electron chi connectivity index (χ4n) is 3.55. The molecule has 0 atom stereocenters. The number of ether oxygens (including phenoxy) is 1. The summed E-state index contributed by atoms with van der Waals surface area (Å²) in [5, 5.41) is 11.3. The summed E-state index contributed by atoms with van der Waals surface area (Å²) < 4.78 is 6.05. The molecular formula is C23H22N2O4. The van der Waals surface area contributed by atoms with E-state index in [0.717, 1.165) is 18.5 Å². The smallest absolute Gasteiger partial charge is 0.257 e. The van der Waals surface area contributed by atoms with Crippen LogP contribution in [0.5, 0.6) is 17.2 Å². The molecule has 1 aliphatic rings. The molecule has 0 spiro atoms. The third-order valence-corrected chi connectivity index (χ3v) is 5.26. The average molecular weight is 390 g/mol. The Morgan fingerprint density at radius 1 is 1.03 bits per heavy atom. The lowest BCUT2D eigenvalue weighted by molar-refractivity contribution is 0.0661. The lowest BCUT2D eigenvalue weighted by Crippen LogP contribution is -2.47. The first kappa shape index (κ1) is 19.0. The van der Waals surface area contributed by atoms with Gasteiger partial charge >= 0.3 is 0 Å². The van der Waals surface area contributed by atoms with Crippen molar-refractivity contribution < 1.29 is 19.4 Å². The first-order valence-corrected chi connectivity index (χ1v) is 9.52. The maximum atomic E-state index is 13.0. The van der Waals surface area contributed by atoms with Crippen LogP contribution in [-0.2, 0) is 0 Å². The Hall–Kier alpha value is -3.38. The van der Waals surface area contributed by atoms with E-state index in [9.17, 15) is 14.7 Å². The number of aldehydes is 1. The van der Waals surface area contributed by atoms with Gasteiger partial charge in [-0.1, -0.05) is 18.2 Å². The second-order valence-corrected chi connectivity index (χ2v) is 7.19. The van der Waals surface area contributed by atoms with E-state index in [1.807, 2.05) is 24.1 Å². The number of phenolic OH excluding ortho intramolecular Hbond substituents is 1. The van der Waals surface area contributed by atoms with Crippen molar-refractivity contribution in [2.45, 2.75) is 0 Å². The number of phenols is 1. The number of carbonyl (C=O) groups is 2.